The summed E-state index contributed by atoms with van der Waals surface area (Å²) in [5.74, 6) is 1.22. The van der Waals surface area contributed by atoms with Crippen LogP contribution >= 0.6 is 24.8 Å². The fourth-order valence-corrected chi connectivity index (χ4v) is 4.05. The van der Waals surface area contributed by atoms with Gasteiger partial charge in [-0.25, -0.2) is 4.98 Å². The zero-order valence-electron chi connectivity index (χ0n) is 16.1. The average Bonchev–Trinajstić information content (AvgIpc) is 2.96. The first-order valence-electron chi connectivity index (χ1n) is 9.51. The number of imidazole rings is 1. The maximum absolute atomic E-state index is 12.3. The van der Waals surface area contributed by atoms with Crippen molar-refractivity contribution in [2.75, 3.05) is 13.1 Å². The molecule has 1 fully saturated rings. The van der Waals surface area contributed by atoms with Crippen molar-refractivity contribution in [3.63, 3.8) is 0 Å². The molecule has 3 N–H and O–H groups in total. The Morgan fingerprint density at radius 1 is 1.22 bits per heavy atom. The van der Waals surface area contributed by atoms with Crippen LogP contribution in [-0.4, -0.2) is 28.5 Å². The summed E-state index contributed by atoms with van der Waals surface area (Å²) < 4.78 is 2.14. The molecule has 27 heavy (non-hydrogen) atoms. The first-order chi connectivity index (χ1) is 12.1. The lowest BCUT2D eigenvalue weighted by atomic mass is 9.71. The van der Waals surface area contributed by atoms with Gasteiger partial charge in [0.1, 0.15) is 5.82 Å². The van der Waals surface area contributed by atoms with Gasteiger partial charge in [0.05, 0.1) is 11.0 Å². The van der Waals surface area contributed by atoms with E-state index >= 15 is 0 Å². The summed E-state index contributed by atoms with van der Waals surface area (Å²) in [5.41, 5.74) is 8.21. The number of hydrogen-bond donors (Lipinski definition) is 2. The number of nitrogens with one attached hydrogen (secondary N) is 1. The lowest BCUT2D eigenvalue weighted by Gasteiger charge is -2.35. The first-order valence-corrected chi connectivity index (χ1v) is 9.51. The molecule has 1 aromatic heterocycles. The highest BCUT2D eigenvalue weighted by Gasteiger charge is 2.32. The fraction of sp³-hybridized carbons (Fsp3) is 0.600. The minimum atomic E-state index is 0. The molecule has 5 nitrogen and oxygen atoms in total. The van der Waals surface area contributed by atoms with Crippen molar-refractivity contribution in [3.05, 3.63) is 30.1 Å². The van der Waals surface area contributed by atoms with Crippen molar-refractivity contribution in [1.82, 2.24) is 14.9 Å². The smallest absolute Gasteiger partial charge is 0.220 e. The summed E-state index contributed by atoms with van der Waals surface area (Å²) in [6, 6.07) is 8.17. The van der Waals surface area contributed by atoms with E-state index in [9.17, 15) is 4.79 Å². The molecule has 0 saturated heterocycles. The molecule has 1 heterocycles. The number of para-hydroxylation sites is 2. The molecule has 0 unspecified atom stereocenters. The Kier molecular flexibility index (Phi) is 9.57. The molecule has 0 spiro atoms. The Labute approximate surface area is 174 Å². The predicted octanol–water partition coefficient (Wildman–Crippen LogP) is 3.77. The minimum Gasteiger partial charge on any atom is -0.356 e. The topological polar surface area (TPSA) is 72.9 Å². The third-order valence-corrected chi connectivity index (χ3v) is 5.66. The van der Waals surface area contributed by atoms with E-state index in [1.807, 2.05) is 18.2 Å². The van der Waals surface area contributed by atoms with Crippen LogP contribution in [0.2, 0.25) is 0 Å². The van der Waals surface area contributed by atoms with Gasteiger partial charge < -0.3 is 15.6 Å². The van der Waals surface area contributed by atoms with Crippen molar-refractivity contribution >= 4 is 41.8 Å². The van der Waals surface area contributed by atoms with E-state index in [0.717, 1.165) is 42.5 Å². The molecule has 1 aliphatic rings. The lowest BCUT2D eigenvalue weighted by Crippen LogP contribution is -2.38. The van der Waals surface area contributed by atoms with Crippen LogP contribution in [0.5, 0.6) is 0 Å². The monoisotopic (exact) mass is 414 g/mol. The van der Waals surface area contributed by atoms with Gasteiger partial charge in [-0.3, -0.25) is 4.79 Å². The Hall–Kier alpha value is -1.30. The zero-order valence-corrected chi connectivity index (χ0v) is 17.7. The number of aromatic nitrogens is 2. The molecule has 1 aliphatic carbocycles. The molecule has 1 saturated carbocycles. The summed E-state index contributed by atoms with van der Waals surface area (Å²) in [6.07, 6.45) is 8.23. The van der Waals surface area contributed by atoms with Gasteiger partial charge in [-0.1, -0.05) is 31.4 Å². The molecule has 1 aromatic carbocycles. The quantitative estimate of drug-likeness (QED) is 0.677. The van der Waals surface area contributed by atoms with E-state index in [1.54, 1.807) is 0 Å². The predicted molar refractivity (Wildman–Crippen MR) is 116 cm³/mol. The van der Waals surface area contributed by atoms with Crippen molar-refractivity contribution in [3.8, 4) is 0 Å². The van der Waals surface area contributed by atoms with E-state index in [0.29, 0.717) is 19.5 Å². The average molecular weight is 415 g/mol. The van der Waals surface area contributed by atoms with Crippen molar-refractivity contribution in [2.45, 2.75) is 51.4 Å². The number of halogens is 2. The molecule has 152 valence electrons. The van der Waals surface area contributed by atoms with Crippen LogP contribution in [0.25, 0.3) is 11.0 Å². The van der Waals surface area contributed by atoms with Crippen molar-refractivity contribution < 1.29 is 4.79 Å². The summed E-state index contributed by atoms with van der Waals surface area (Å²) in [6.45, 7) is 1.32. The van der Waals surface area contributed by atoms with Crippen LogP contribution in [0.1, 0.15) is 50.8 Å². The van der Waals surface area contributed by atoms with Crippen LogP contribution in [0.3, 0.4) is 0 Å². The number of fused-ring (bicyclic) bond motifs is 1. The Morgan fingerprint density at radius 2 is 1.93 bits per heavy atom. The molecular formula is C20H32Cl2N4O. The van der Waals surface area contributed by atoms with Crippen molar-refractivity contribution in [2.24, 2.45) is 18.2 Å². The number of aryl methyl sites for hydroxylation is 2. The Bertz CT molecular complexity index is 726. The van der Waals surface area contributed by atoms with Gasteiger partial charge in [-0.05, 0) is 43.4 Å². The third kappa shape index (κ3) is 5.84. The van der Waals surface area contributed by atoms with Gasteiger partial charge in [0.15, 0.2) is 0 Å². The summed E-state index contributed by atoms with van der Waals surface area (Å²) >= 11 is 0. The number of benzene rings is 1. The molecule has 2 aromatic rings. The standard InChI is InChI=1S/C20H30N4O.2ClH/c1-24-17-9-4-3-8-16(17)23-18(24)10-7-13-22-19(25)14-20(15-21)11-5-2-6-12-20;;/h3-4,8-9H,2,5-7,10-15,21H2,1H3,(H,22,25);2*1H. The second-order valence-electron chi connectivity index (χ2n) is 7.47. The first kappa shape index (κ1) is 23.7. The van der Waals surface area contributed by atoms with Crippen LogP contribution < -0.4 is 11.1 Å². The maximum atomic E-state index is 12.3. The van der Waals surface area contributed by atoms with Crippen molar-refractivity contribution in [1.29, 1.82) is 0 Å². The van der Waals surface area contributed by atoms with E-state index in [2.05, 4.69) is 28.0 Å². The molecule has 7 heteroatoms. The second kappa shape index (κ2) is 10.9. The largest absolute Gasteiger partial charge is 0.356 e. The molecule has 1 amide bonds. The van der Waals surface area contributed by atoms with Crippen LogP contribution in [-0.2, 0) is 18.3 Å². The lowest BCUT2D eigenvalue weighted by molar-refractivity contribution is -0.123. The normalized spacial score (nSPS) is 15.6. The summed E-state index contributed by atoms with van der Waals surface area (Å²) in [5, 5.41) is 3.08. The molecule has 3 rings (SSSR count). The second-order valence-corrected chi connectivity index (χ2v) is 7.47. The summed E-state index contributed by atoms with van der Waals surface area (Å²) in [7, 11) is 2.05. The highest BCUT2D eigenvalue weighted by atomic mass is 35.5. The van der Waals surface area contributed by atoms with E-state index in [4.69, 9.17) is 5.73 Å². The SMILES string of the molecule is Cl.Cl.Cn1c(CCCNC(=O)CC2(CN)CCCCC2)nc2ccccc21. The number of amides is 1. The third-order valence-electron chi connectivity index (χ3n) is 5.66. The van der Waals surface area contributed by atoms with Crippen LogP contribution in [0.15, 0.2) is 24.3 Å². The van der Waals surface area contributed by atoms with E-state index in [-0.39, 0.29) is 36.1 Å². The fourth-order valence-electron chi connectivity index (χ4n) is 4.05. The zero-order chi connectivity index (χ0) is 17.7. The number of rotatable bonds is 7. The molecule has 0 atom stereocenters. The van der Waals surface area contributed by atoms with Gasteiger partial charge >= 0.3 is 0 Å². The van der Waals surface area contributed by atoms with Gasteiger partial charge in [0.2, 0.25) is 5.91 Å². The van der Waals surface area contributed by atoms with Gasteiger partial charge in [0.25, 0.3) is 0 Å². The van der Waals surface area contributed by atoms with Gasteiger partial charge in [-0.15, -0.1) is 24.8 Å². The van der Waals surface area contributed by atoms with Crippen LogP contribution in [0, 0.1) is 5.41 Å². The highest BCUT2D eigenvalue weighted by Crippen LogP contribution is 2.38. The van der Waals surface area contributed by atoms with E-state index in [1.165, 1.54) is 19.3 Å². The minimum absolute atomic E-state index is 0. The van der Waals surface area contributed by atoms with E-state index < -0.39 is 0 Å². The number of carbonyl (C=O) groups is 1. The Morgan fingerprint density at radius 3 is 2.59 bits per heavy atom. The van der Waals surface area contributed by atoms with Crippen LogP contribution in [0.4, 0.5) is 0 Å². The number of nitrogens with two attached hydrogens (primary N) is 1. The highest BCUT2D eigenvalue weighted by molar-refractivity contribution is 5.85. The number of hydrogen-bond acceptors (Lipinski definition) is 3. The Balaban J connectivity index is 0.00000182. The molecular weight excluding hydrogens is 383 g/mol. The van der Waals surface area contributed by atoms with Gasteiger partial charge in [0, 0.05) is 26.4 Å². The number of nitrogens with zero attached hydrogens (tertiary/aromatic N) is 2. The maximum Gasteiger partial charge on any atom is 0.220 e. The number of carbonyl (C=O) groups excluding carboxylic acids is 1. The van der Waals surface area contributed by atoms with Gasteiger partial charge in [-0.2, -0.15) is 0 Å². The summed E-state index contributed by atoms with van der Waals surface area (Å²) in [4.78, 5) is 17.0. The molecule has 0 aliphatic heterocycles. The molecule has 0 radical (unpaired) electrons. The molecule has 0 bridgehead atoms.